The van der Waals surface area contributed by atoms with Crippen molar-refractivity contribution in [1.82, 2.24) is 9.29 Å². The van der Waals surface area contributed by atoms with Crippen molar-refractivity contribution < 1.29 is 26.3 Å². The Morgan fingerprint density at radius 2 is 1.77 bits per heavy atom. The molecule has 0 aliphatic carbocycles. The van der Waals surface area contributed by atoms with Crippen molar-refractivity contribution in [3.63, 3.8) is 0 Å². The van der Waals surface area contributed by atoms with Gasteiger partial charge in [0.2, 0.25) is 0 Å². The molecular weight excluding hydrogens is 419 g/mol. The van der Waals surface area contributed by atoms with E-state index < -0.39 is 26.7 Å². The molecule has 1 fully saturated rings. The summed E-state index contributed by atoms with van der Waals surface area (Å²) in [7, 11) is -2.73. The average Bonchev–Trinajstić information content (AvgIpc) is 3.17. The summed E-state index contributed by atoms with van der Waals surface area (Å²) in [5.41, 5.74) is -0.607. The molecule has 0 bridgehead atoms. The van der Waals surface area contributed by atoms with E-state index in [0.717, 1.165) is 10.0 Å². The first kappa shape index (κ1) is 20.5. The van der Waals surface area contributed by atoms with Gasteiger partial charge in [0.05, 0.1) is 23.1 Å². The minimum Gasteiger partial charge on any atom is -0.497 e. The fourth-order valence-electron chi connectivity index (χ4n) is 3.63. The first-order valence-electron chi connectivity index (χ1n) is 9.29. The van der Waals surface area contributed by atoms with Crippen LogP contribution in [0.2, 0.25) is 0 Å². The number of fused-ring (bicyclic) bond motifs is 1. The molecule has 0 saturated carbocycles. The van der Waals surface area contributed by atoms with Gasteiger partial charge in [0.25, 0.3) is 10.0 Å². The van der Waals surface area contributed by atoms with Crippen LogP contribution in [-0.4, -0.2) is 45.7 Å². The number of hydrogen-bond donors (Lipinski definition) is 1. The predicted molar refractivity (Wildman–Crippen MR) is 108 cm³/mol. The molecule has 0 spiro atoms. The lowest BCUT2D eigenvalue weighted by molar-refractivity contribution is -0.137. The smallest absolute Gasteiger partial charge is 0.418 e. The maximum absolute atomic E-state index is 13.8. The third-order valence-corrected chi connectivity index (χ3v) is 6.84. The van der Waals surface area contributed by atoms with Crippen LogP contribution in [0.15, 0.2) is 53.6 Å². The topological polar surface area (TPSA) is 63.6 Å². The highest BCUT2D eigenvalue weighted by Gasteiger charge is 2.37. The zero-order chi connectivity index (χ0) is 21.5. The van der Waals surface area contributed by atoms with E-state index in [-0.39, 0.29) is 5.69 Å². The minimum absolute atomic E-state index is 0.00921. The van der Waals surface area contributed by atoms with Crippen LogP contribution in [0, 0.1) is 0 Å². The number of halogens is 3. The second-order valence-corrected chi connectivity index (χ2v) is 8.77. The number of hydrogen-bond acceptors (Lipinski definition) is 5. The van der Waals surface area contributed by atoms with Crippen LogP contribution >= 0.6 is 0 Å². The second-order valence-electron chi connectivity index (χ2n) is 6.96. The lowest BCUT2D eigenvalue weighted by Gasteiger charge is -2.31. The average molecular weight is 439 g/mol. The summed E-state index contributed by atoms with van der Waals surface area (Å²) in [5, 5.41) is 3.69. The van der Waals surface area contributed by atoms with E-state index in [1.54, 1.807) is 29.2 Å². The molecule has 0 radical (unpaired) electrons. The number of methoxy groups -OCH3 is 1. The normalized spacial score (nSPS) is 15.5. The number of anilines is 1. The number of nitrogens with one attached hydrogen (secondary N) is 1. The van der Waals surface area contributed by atoms with Gasteiger partial charge in [-0.05, 0) is 42.5 Å². The van der Waals surface area contributed by atoms with Gasteiger partial charge in [-0.2, -0.15) is 13.2 Å². The summed E-state index contributed by atoms with van der Waals surface area (Å²) < 4.78 is 73.8. The Balaban J connectivity index is 1.81. The highest BCUT2D eigenvalue weighted by molar-refractivity contribution is 7.90. The molecule has 1 N–H and O–H groups in total. The lowest BCUT2D eigenvalue weighted by atomic mass is 10.1. The summed E-state index contributed by atoms with van der Waals surface area (Å²) in [6.45, 7) is 1.96. The predicted octanol–water partition coefficient (Wildman–Crippen LogP) is 3.32. The maximum Gasteiger partial charge on any atom is 0.418 e. The molecule has 1 aliphatic rings. The zero-order valence-electron chi connectivity index (χ0n) is 16.1. The van der Waals surface area contributed by atoms with E-state index in [1.165, 1.54) is 25.4 Å². The van der Waals surface area contributed by atoms with Crippen LogP contribution in [0.1, 0.15) is 5.56 Å². The molecule has 4 rings (SSSR count). The first-order valence-corrected chi connectivity index (χ1v) is 10.7. The third-order valence-electron chi connectivity index (χ3n) is 5.15. The van der Waals surface area contributed by atoms with Gasteiger partial charge in [0.1, 0.15) is 5.75 Å². The van der Waals surface area contributed by atoms with Crippen LogP contribution in [0.5, 0.6) is 5.75 Å². The third kappa shape index (κ3) is 3.61. The standard InChI is InChI=1S/C20H20F3N3O3S/c1-29-15-2-4-18-14(12-15)6-9-26(18)30(27,28)16-3-5-19(17(13-16)20(21,22)23)25-10-7-24-8-11-25/h2-6,9,12-13,24H,7-8,10-11H2,1H3. The van der Waals surface area contributed by atoms with Crippen molar-refractivity contribution in [1.29, 1.82) is 0 Å². The van der Waals surface area contributed by atoms with Gasteiger partial charge < -0.3 is 15.0 Å². The van der Waals surface area contributed by atoms with Crippen molar-refractivity contribution in [2.45, 2.75) is 11.1 Å². The molecule has 0 amide bonds. The first-order chi connectivity index (χ1) is 14.2. The Morgan fingerprint density at radius 1 is 1.03 bits per heavy atom. The van der Waals surface area contributed by atoms with Gasteiger partial charge in [0.15, 0.2) is 0 Å². The van der Waals surface area contributed by atoms with Crippen molar-refractivity contribution in [2.75, 3.05) is 38.2 Å². The monoisotopic (exact) mass is 439 g/mol. The van der Waals surface area contributed by atoms with Crippen LogP contribution < -0.4 is 15.0 Å². The summed E-state index contributed by atoms with van der Waals surface area (Å²) >= 11 is 0. The van der Waals surface area contributed by atoms with E-state index in [4.69, 9.17) is 4.74 Å². The van der Waals surface area contributed by atoms with Gasteiger partial charge in [-0.1, -0.05) is 0 Å². The summed E-state index contributed by atoms with van der Waals surface area (Å²) in [6, 6.07) is 9.61. The molecule has 1 aromatic heterocycles. The number of alkyl halides is 3. The number of rotatable bonds is 4. The molecule has 0 atom stereocenters. The Kier molecular flexibility index (Phi) is 5.15. The molecule has 1 aliphatic heterocycles. The van der Waals surface area contributed by atoms with Crippen molar-refractivity contribution >= 4 is 26.6 Å². The van der Waals surface area contributed by atoms with Gasteiger partial charge >= 0.3 is 6.18 Å². The van der Waals surface area contributed by atoms with Gasteiger partial charge in [-0.15, -0.1) is 0 Å². The van der Waals surface area contributed by atoms with E-state index in [9.17, 15) is 21.6 Å². The van der Waals surface area contributed by atoms with E-state index in [2.05, 4.69) is 5.32 Å². The van der Waals surface area contributed by atoms with Crippen molar-refractivity contribution in [3.05, 3.63) is 54.2 Å². The fourth-order valence-corrected chi connectivity index (χ4v) is 5.01. The molecule has 2 aromatic carbocycles. The number of benzene rings is 2. The molecule has 30 heavy (non-hydrogen) atoms. The fraction of sp³-hybridized carbons (Fsp3) is 0.300. The molecule has 2 heterocycles. The van der Waals surface area contributed by atoms with E-state index in [1.807, 2.05) is 0 Å². The van der Waals surface area contributed by atoms with Gasteiger partial charge in [0, 0.05) is 43.4 Å². The van der Waals surface area contributed by atoms with Crippen LogP contribution in [0.4, 0.5) is 18.9 Å². The molecular formula is C20H20F3N3O3S. The number of nitrogens with zero attached hydrogens (tertiary/aromatic N) is 2. The number of ether oxygens (including phenoxy) is 1. The second kappa shape index (κ2) is 7.51. The van der Waals surface area contributed by atoms with Gasteiger partial charge in [-0.25, -0.2) is 12.4 Å². The molecule has 1 saturated heterocycles. The maximum atomic E-state index is 13.8. The van der Waals surface area contributed by atoms with Gasteiger partial charge in [-0.3, -0.25) is 0 Å². The van der Waals surface area contributed by atoms with Crippen LogP contribution in [0.25, 0.3) is 10.9 Å². The largest absolute Gasteiger partial charge is 0.497 e. The highest BCUT2D eigenvalue weighted by Crippen LogP contribution is 2.39. The Morgan fingerprint density at radius 3 is 2.43 bits per heavy atom. The van der Waals surface area contributed by atoms with Crippen LogP contribution in [-0.2, 0) is 16.2 Å². The Bertz CT molecular complexity index is 1180. The Hall–Kier alpha value is -2.72. The molecule has 0 unspecified atom stereocenters. The van der Waals surface area contributed by atoms with Crippen molar-refractivity contribution in [3.8, 4) is 5.75 Å². The molecule has 160 valence electrons. The number of piperazine rings is 1. The summed E-state index contributed by atoms with van der Waals surface area (Å²) in [4.78, 5) is 1.20. The quantitative estimate of drug-likeness (QED) is 0.676. The van der Waals surface area contributed by atoms with Crippen LogP contribution in [0.3, 0.4) is 0 Å². The Labute approximate surface area is 171 Å². The summed E-state index contributed by atoms with van der Waals surface area (Å²) in [5.74, 6) is 0.553. The summed E-state index contributed by atoms with van der Waals surface area (Å²) in [6.07, 6.45) is -3.35. The zero-order valence-corrected chi connectivity index (χ0v) is 16.9. The molecule has 10 heteroatoms. The molecule has 6 nitrogen and oxygen atoms in total. The van der Waals surface area contributed by atoms with Crippen molar-refractivity contribution in [2.24, 2.45) is 0 Å². The minimum atomic E-state index is -4.68. The van der Waals surface area contributed by atoms with E-state index in [0.29, 0.717) is 42.8 Å². The van der Waals surface area contributed by atoms with E-state index >= 15 is 0 Å². The number of aromatic nitrogens is 1. The lowest BCUT2D eigenvalue weighted by Crippen LogP contribution is -2.44. The SMILES string of the molecule is COc1ccc2c(ccn2S(=O)(=O)c2ccc(N3CCNCC3)c(C(F)(F)F)c2)c1. The highest BCUT2D eigenvalue weighted by atomic mass is 32.2. The molecule has 3 aromatic rings.